The van der Waals surface area contributed by atoms with Crippen LogP contribution in [0.2, 0.25) is 0 Å². The van der Waals surface area contributed by atoms with E-state index in [-0.39, 0.29) is 24.2 Å². The number of rotatable bonds is 2. The lowest BCUT2D eigenvalue weighted by molar-refractivity contribution is -0.181. The normalized spacial score (nSPS) is 34.9. The van der Waals surface area contributed by atoms with Crippen LogP contribution in [0.3, 0.4) is 0 Å². The highest BCUT2D eigenvalue weighted by Gasteiger charge is 2.69. The SMILES string of the molecule is Cc1ccc(O)c2c1CC1CC3C(N(C)C)C(=O)C(C(N)=O)C(=O)[C@@]3(O)C(=O)C1C2=O. The average molecular weight is 428 g/mol. The van der Waals surface area contributed by atoms with Gasteiger partial charge in [0.2, 0.25) is 5.91 Å². The van der Waals surface area contributed by atoms with Crippen molar-refractivity contribution in [1.29, 1.82) is 0 Å². The van der Waals surface area contributed by atoms with Gasteiger partial charge in [0.25, 0.3) is 0 Å². The number of phenols is 1. The minimum Gasteiger partial charge on any atom is -0.507 e. The van der Waals surface area contributed by atoms with Crippen molar-refractivity contribution >= 4 is 29.0 Å². The highest BCUT2D eigenvalue weighted by atomic mass is 16.3. The minimum absolute atomic E-state index is 0.0200. The highest BCUT2D eigenvalue weighted by Crippen LogP contribution is 2.50. The Hall–Kier alpha value is -2.91. The number of aromatic hydroxyl groups is 1. The van der Waals surface area contributed by atoms with Crippen molar-refractivity contribution in [3.05, 3.63) is 28.8 Å². The molecule has 31 heavy (non-hydrogen) atoms. The van der Waals surface area contributed by atoms with Crippen LogP contribution in [0.25, 0.3) is 0 Å². The van der Waals surface area contributed by atoms with E-state index in [1.165, 1.54) is 11.0 Å². The maximum absolute atomic E-state index is 13.5. The summed E-state index contributed by atoms with van der Waals surface area (Å²) in [4.78, 5) is 66.2. The smallest absolute Gasteiger partial charge is 0.235 e. The number of phenolic OH excluding ortho intramolecular Hbond substituents is 1. The van der Waals surface area contributed by atoms with Crippen LogP contribution in [0.15, 0.2) is 12.1 Å². The molecule has 0 heterocycles. The lowest BCUT2D eigenvalue weighted by atomic mass is 9.52. The molecule has 4 N–H and O–H groups in total. The number of likely N-dealkylation sites (N-methyl/N-ethyl adjacent to an activating group) is 1. The lowest BCUT2D eigenvalue weighted by Crippen LogP contribution is -2.74. The van der Waals surface area contributed by atoms with E-state index in [0.29, 0.717) is 5.56 Å². The fourth-order valence-corrected chi connectivity index (χ4v) is 5.76. The van der Waals surface area contributed by atoms with E-state index >= 15 is 0 Å². The molecule has 0 bridgehead atoms. The predicted molar refractivity (Wildman–Crippen MR) is 106 cm³/mol. The van der Waals surface area contributed by atoms with Crippen molar-refractivity contribution in [2.45, 2.75) is 31.4 Å². The summed E-state index contributed by atoms with van der Waals surface area (Å²) in [5.74, 6) is -10.2. The number of hydrogen-bond acceptors (Lipinski definition) is 8. The Morgan fingerprint density at radius 1 is 1.16 bits per heavy atom. The third kappa shape index (κ3) is 2.66. The fraction of sp³-hybridized carbons (Fsp3) is 0.500. The topological polar surface area (TPSA) is 155 Å². The number of Topliss-reactive ketones (excluding diaryl/α,β-unsaturated/α-hetero) is 4. The molecule has 5 unspecified atom stereocenters. The molecule has 1 amide bonds. The first-order chi connectivity index (χ1) is 14.4. The summed E-state index contributed by atoms with van der Waals surface area (Å²) in [5.41, 5.74) is 4.01. The van der Waals surface area contributed by atoms with E-state index < -0.39 is 64.4 Å². The number of benzene rings is 1. The number of nitrogens with two attached hydrogens (primary N) is 1. The molecule has 2 saturated carbocycles. The number of aliphatic hydroxyl groups is 1. The average Bonchev–Trinajstić information content (AvgIpc) is 2.67. The Kier molecular flexibility index (Phi) is 4.68. The van der Waals surface area contributed by atoms with Crippen LogP contribution in [-0.2, 0) is 25.6 Å². The number of amides is 1. The van der Waals surface area contributed by atoms with Crippen molar-refractivity contribution in [3.63, 3.8) is 0 Å². The number of carbonyl (C=O) groups is 5. The second-order valence-electron chi connectivity index (χ2n) is 9.04. The second-order valence-corrected chi connectivity index (χ2v) is 9.04. The van der Waals surface area contributed by atoms with Gasteiger partial charge in [-0.3, -0.25) is 28.9 Å². The molecule has 4 rings (SSSR count). The summed E-state index contributed by atoms with van der Waals surface area (Å²) in [6.07, 6.45) is 0.338. The van der Waals surface area contributed by atoms with Crippen LogP contribution in [0.5, 0.6) is 5.75 Å². The van der Waals surface area contributed by atoms with E-state index in [9.17, 15) is 34.2 Å². The molecule has 0 aromatic heterocycles. The van der Waals surface area contributed by atoms with Crippen LogP contribution in [-0.4, -0.2) is 69.9 Å². The van der Waals surface area contributed by atoms with E-state index in [1.54, 1.807) is 27.1 Å². The Morgan fingerprint density at radius 2 is 1.81 bits per heavy atom. The van der Waals surface area contributed by atoms with Crippen LogP contribution >= 0.6 is 0 Å². The molecule has 9 nitrogen and oxygen atoms in total. The highest BCUT2D eigenvalue weighted by molar-refractivity contribution is 6.32. The van der Waals surface area contributed by atoms with E-state index in [1.807, 2.05) is 0 Å². The van der Waals surface area contributed by atoms with Crippen LogP contribution in [0, 0.1) is 30.6 Å². The third-order valence-corrected chi connectivity index (χ3v) is 7.18. The Bertz CT molecular complexity index is 1060. The zero-order chi connectivity index (χ0) is 23.0. The molecule has 1 aromatic carbocycles. The molecule has 6 atom stereocenters. The second kappa shape index (κ2) is 6.80. The fourth-order valence-electron chi connectivity index (χ4n) is 5.76. The maximum Gasteiger partial charge on any atom is 0.235 e. The molecule has 2 fully saturated rings. The summed E-state index contributed by atoms with van der Waals surface area (Å²) in [6.45, 7) is 1.79. The van der Waals surface area contributed by atoms with Gasteiger partial charge in [-0.2, -0.15) is 0 Å². The molecule has 0 aliphatic heterocycles. The lowest BCUT2D eigenvalue weighted by Gasteiger charge is -2.52. The maximum atomic E-state index is 13.5. The summed E-state index contributed by atoms with van der Waals surface area (Å²) in [7, 11) is 3.10. The monoisotopic (exact) mass is 428 g/mol. The van der Waals surface area contributed by atoms with Gasteiger partial charge in [0.15, 0.2) is 34.7 Å². The van der Waals surface area contributed by atoms with Gasteiger partial charge in [0.1, 0.15) is 5.75 Å². The van der Waals surface area contributed by atoms with Crippen molar-refractivity contribution in [3.8, 4) is 5.75 Å². The molecule has 3 aliphatic carbocycles. The van der Waals surface area contributed by atoms with Gasteiger partial charge in [-0.1, -0.05) is 6.07 Å². The van der Waals surface area contributed by atoms with Crippen molar-refractivity contribution < 1.29 is 34.2 Å². The number of carbonyl (C=O) groups excluding carboxylic acids is 5. The molecule has 9 heteroatoms. The largest absolute Gasteiger partial charge is 0.507 e. The van der Waals surface area contributed by atoms with Gasteiger partial charge >= 0.3 is 0 Å². The Labute approximate surface area is 178 Å². The first-order valence-corrected chi connectivity index (χ1v) is 10.1. The number of primary amides is 1. The van der Waals surface area contributed by atoms with Gasteiger partial charge in [-0.15, -0.1) is 0 Å². The van der Waals surface area contributed by atoms with E-state index in [4.69, 9.17) is 5.73 Å². The minimum atomic E-state index is -2.68. The standard InChI is InChI=1S/C22H24N2O7/c1-8-4-5-12(25)14-10(8)6-9-7-11-16(24(2)3)18(27)15(21(23)30)20(29)22(11,31)19(28)13(9)17(14)26/h4-5,9,11,13,15-16,25,31H,6-7H2,1-3H3,(H2,23,30)/t9?,11?,13?,15?,16?,22-/m0/s1. The number of hydrogen-bond donors (Lipinski definition) is 3. The quantitative estimate of drug-likeness (QED) is 0.516. The van der Waals surface area contributed by atoms with Gasteiger partial charge in [0.05, 0.1) is 17.5 Å². The summed E-state index contributed by atoms with van der Waals surface area (Å²) < 4.78 is 0. The first kappa shape index (κ1) is 21.3. The zero-order valence-corrected chi connectivity index (χ0v) is 17.4. The molecule has 164 valence electrons. The summed E-state index contributed by atoms with van der Waals surface area (Å²) in [6, 6.07) is 1.95. The van der Waals surface area contributed by atoms with Gasteiger partial charge in [-0.05, 0) is 57.0 Å². The van der Waals surface area contributed by atoms with Gasteiger partial charge in [0, 0.05) is 5.92 Å². The number of aryl methyl sites for hydroxylation is 1. The number of nitrogens with zero attached hydrogens (tertiary/aromatic N) is 1. The van der Waals surface area contributed by atoms with Crippen LogP contribution < -0.4 is 5.73 Å². The van der Waals surface area contributed by atoms with Gasteiger partial charge in [-0.25, -0.2) is 0 Å². The molecule has 1 aromatic rings. The first-order valence-electron chi connectivity index (χ1n) is 10.1. The Morgan fingerprint density at radius 3 is 2.39 bits per heavy atom. The number of fused-ring (bicyclic) bond motifs is 3. The molecule has 0 radical (unpaired) electrons. The summed E-state index contributed by atoms with van der Waals surface area (Å²) in [5, 5.41) is 21.7. The molecular formula is C22H24N2O7. The number of ketones is 4. The van der Waals surface area contributed by atoms with Crippen LogP contribution in [0.1, 0.15) is 27.9 Å². The van der Waals surface area contributed by atoms with Crippen molar-refractivity contribution in [2.75, 3.05) is 14.1 Å². The molecular weight excluding hydrogens is 404 g/mol. The molecule has 0 saturated heterocycles. The van der Waals surface area contributed by atoms with Crippen LogP contribution in [0.4, 0.5) is 0 Å². The zero-order valence-electron chi connectivity index (χ0n) is 17.4. The Balaban J connectivity index is 1.88. The third-order valence-electron chi connectivity index (χ3n) is 7.18. The van der Waals surface area contributed by atoms with Crippen molar-refractivity contribution in [1.82, 2.24) is 4.90 Å². The summed E-state index contributed by atoms with van der Waals surface area (Å²) >= 11 is 0. The predicted octanol–water partition coefficient (Wildman–Crippen LogP) is -0.825. The van der Waals surface area contributed by atoms with E-state index in [2.05, 4.69) is 0 Å². The van der Waals surface area contributed by atoms with Gasteiger partial charge < -0.3 is 15.9 Å². The molecule has 3 aliphatic rings. The molecule has 0 spiro atoms. The van der Waals surface area contributed by atoms with E-state index in [0.717, 1.165) is 5.56 Å². The van der Waals surface area contributed by atoms with Crippen molar-refractivity contribution in [2.24, 2.45) is 29.4 Å².